The number of hydrogen-bond donors (Lipinski definition) is 1. The summed E-state index contributed by atoms with van der Waals surface area (Å²) in [6, 6.07) is 5.25. The highest BCUT2D eigenvalue weighted by atomic mass is 32.2. The highest BCUT2D eigenvalue weighted by Gasteiger charge is 2.29. The topological polar surface area (TPSA) is 55.4 Å². The second kappa shape index (κ2) is 6.94. The number of sulfonamides is 1. The lowest BCUT2D eigenvalue weighted by Gasteiger charge is -2.10. The fourth-order valence-corrected chi connectivity index (χ4v) is 2.32. The van der Waals surface area contributed by atoms with E-state index in [2.05, 4.69) is 0 Å². The zero-order valence-corrected chi connectivity index (χ0v) is 11.7. The lowest BCUT2D eigenvalue weighted by Crippen LogP contribution is -2.33. The number of ether oxygens (including phenoxy) is 1. The normalized spacial score (nSPS) is 12.4. The van der Waals surface area contributed by atoms with E-state index in [0.29, 0.717) is 12.4 Å². The zero-order valence-electron chi connectivity index (χ0n) is 10.9. The highest BCUT2D eigenvalue weighted by molar-refractivity contribution is 7.89. The first-order chi connectivity index (χ1) is 9.24. The van der Waals surface area contributed by atoms with Crippen molar-refractivity contribution >= 4 is 10.0 Å². The van der Waals surface area contributed by atoms with Gasteiger partial charge in [0.25, 0.3) is 0 Å². The third-order valence-corrected chi connectivity index (χ3v) is 3.78. The van der Waals surface area contributed by atoms with E-state index in [0.717, 1.165) is 12.8 Å². The molecule has 0 aromatic heterocycles. The summed E-state index contributed by atoms with van der Waals surface area (Å²) < 4.78 is 66.0. The molecule has 0 spiro atoms. The average molecular weight is 311 g/mol. The molecule has 0 aliphatic heterocycles. The van der Waals surface area contributed by atoms with Crippen LogP contribution in [0.2, 0.25) is 0 Å². The molecule has 114 valence electrons. The predicted octanol–water partition coefficient (Wildman–Crippen LogP) is 2.71. The Bertz CT molecular complexity index is 512. The molecular weight excluding hydrogens is 295 g/mol. The van der Waals surface area contributed by atoms with Gasteiger partial charge >= 0.3 is 6.18 Å². The van der Waals surface area contributed by atoms with Gasteiger partial charge in [-0.25, -0.2) is 13.1 Å². The Morgan fingerprint density at radius 1 is 1.20 bits per heavy atom. The van der Waals surface area contributed by atoms with Gasteiger partial charge in [-0.2, -0.15) is 13.2 Å². The van der Waals surface area contributed by atoms with Crippen molar-refractivity contribution in [1.29, 1.82) is 0 Å². The van der Waals surface area contributed by atoms with Gasteiger partial charge in [-0.1, -0.05) is 13.3 Å². The van der Waals surface area contributed by atoms with Gasteiger partial charge < -0.3 is 4.74 Å². The molecule has 1 aromatic carbocycles. The summed E-state index contributed by atoms with van der Waals surface area (Å²) in [6.07, 6.45) is -2.75. The van der Waals surface area contributed by atoms with Crippen LogP contribution in [0.3, 0.4) is 0 Å². The Hall–Kier alpha value is -1.28. The van der Waals surface area contributed by atoms with Crippen LogP contribution in [0.1, 0.15) is 19.8 Å². The lowest BCUT2D eigenvalue weighted by molar-refractivity contribution is -0.121. The van der Waals surface area contributed by atoms with E-state index in [4.69, 9.17) is 4.74 Å². The fourth-order valence-electron chi connectivity index (χ4n) is 1.31. The van der Waals surface area contributed by atoms with E-state index in [9.17, 15) is 21.6 Å². The van der Waals surface area contributed by atoms with Crippen LogP contribution >= 0.6 is 0 Å². The van der Waals surface area contributed by atoms with Crippen LogP contribution in [0, 0.1) is 0 Å². The van der Waals surface area contributed by atoms with Crippen molar-refractivity contribution in [3.8, 4) is 5.75 Å². The first kappa shape index (κ1) is 16.8. The number of alkyl halides is 3. The van der Waals surface area contributed by atoms with Crippen molar-refractivity contribution < 1.29 is 26.3 Å². The molecule has 1 N–H and O–H groups in total. The molecule has 8 heteroatoms. The van der Waals surface area contributed by atoms with Crippen molar-refractivity contribution in [3.05, 3.63) is 24.3 Å². The molecule has 4 nitrogen and oxygen atoms in total. The third-order valence-electron chi connectivity index (χ3n) is 2.36. The van der Waals surface area contributed by atoms with E-state index >= 15 is 0 Å². The van der Waals surface area contributed by atoms with E-state index in [-0.39, 0.29) is 4.90 Å². The molecule has 1 aromatic rings. The fraction of sp³-hybridized carbons (Fsp3) is 0.500. The largest absolute Gasteiger partial charge is 0.494 e. The van der Waals surface area contributed by atoms with Crippen LogP contribution in [0.5, 0.6) is 5.75 Å². The molecule has 0 aliphatic carbocycles. The molecule has 0 radical (unpaired) electrons. The van der Waals surface area contributed by atoms with Gasteiger partial charge in [0.2, 0.25) is 10.0 Å². The SMILES string of the molecule is CCCCOc1ccc(S(=O)(=O)NCC(F)(F)F)cc1. The number of benzene rings is 1. The number of rotatable bonds is 7. The molecular formula is C12H16F3NO3S. The monoisotopic (exact) mass is 311 g/mol. The van der Waals surface area contributed by atoms with E-state index in [1.807, 2.05) is 6.92 Å². The minimum atomic E-state index is -4.59. The van der Waals surface area contributed by atoms with Gasteiger partial charge in [-0.3, -0.25) is 0 Å². The van der Waals surface area contributed by atoms with Gasteiger partial charge in [0.05, 0.1) is 11.5 Å². The predicted molar refractivity (Wildman–Crippen MR) is 68.1 cm³/mol. The average Bonchev–Trinajstić information content (AvgIpc) is 2.37. The van der Waals surface area contributed by atoms with Crippen LogP contribution in [0.4, 0.5) is 13.2 Å². The molecule has 0 saturated heterocycles. The summed E-state index contributed by atoms with van der Waals surface area (Å²) in [4.78, 5) is -0.232. The Kier molecular flexibility index (Phi) is 5.82. The van der Waals surface area contributed by atoms with Gasteiger partial charge in [0.15, 0.2) is 0 Å². The van der Waals surface area contributed by atoms with Gasteiger partial charge in [-0.15, -0.1) is 0 Å². The minimum absolute atomic E-state index is 0.232. The number of halogens is 3. The van der Waals surface area contributed by atoms with Crippen LogP contribution in [-0.2, 0) is 10.0 Å². The summed E-state index contributed by atoms with van der Waals surface area (Å²) in [5, 5.41) is 0. The Morgan fingerprint density at radius 3 is 2.30 bits per heavy atom. The Balaban J connectivity index is 2.67. The third kappa shape index (κ3) is 5.79. The van der Waals surface area contributed by atoms with Crippen molar-refractivity contribution in [2.75, 3.05) is 13.2 Å². The van der Waals surface area contributed by atoms with Crippen molar-refractivity contribution in [3.63, 3.8) is 0 Å². The van der Waals surface area contributed by atoms with E-state index < -0.39 is 22.7 Å². The van der Waals surface area contributed by atoms with Crippen LogP contribution < -0.4 is 9.46 Å². The summed E-state index contributed by atoms with van der Waals surface area (Å²) in [5.74, 6) is 0.480. The molecule has 0 unspecified atom stereocenters. The molecule has 20 heavy (non-hydrogen) atoms. The smallest absolute Gasteiger partial charge is 0.402 e. The highest BCUT2D eigenvalue weighted by Crippen LogP contribution is 2.18. The first-order valence-corrected chi connectivity index (χ1v) is 7.52. The zero-order chi connectivity index (χ0) is 15.2. The molecule has 0 fully saturated rings. The molecule has 0 aliphatic rings. The Morgan fingerprint density at radius 2 is 1.80 bits per heavy atom. The maximum Gasteiger partial charge on any atom is 0.402 e. The van der Waals surface area contributed by atoms with Gasteiger partial charge in [0.1, 0.15) is 12.3 Å². The number of hydrogen-bond acceptors (Lipinski definition) is 3. The van der Waals surface area contributed by atoms with Crippen LogP contribution in [-0.4, -0.2) is 27.7 Å². The first-order valence-electron chi connectivity index (χ1n) is 6.04. The second-order valence-electron chi connectivity index (χ2n) is 4.11. The second-order valence-corrected chi connectivity index (χ2v) is 5.88. The molecule has 0 atom stereocenters. The molecule has 0 saturated carbocycles. The van der Waals surface area contributed by atoms with Crippen LogP contribution in [0.15, 0.2) is 29.2 Å². The maximum absolute atomic E-state index is 12.0. The minimum Gasteiger partial charge on any atom is -0.494 e. The summed E-state index contributed by atoms with van der Waals surface area (Å²) in [6.45, 7) is 0.921. The Labute approximate surface area is 116 Å². The summed E-state index contributed by atoms with van der Waals surface area (Å²) in [7, 11) is -4.16. The molecule has 1 rings (SSSR count). The standard InChI is InChI=1S/C12H16F3NO3S/c1-2-3-8-19-10-4-6-11(7-5-10)20(17,18)16-9-12(13,14)15/h4-7,16H,2-3,8-9H2,1H3. The summed E-state index contributed by atoms with van der Waals surface area (Å²) in [5.41, 5.74) is 0. The number of nitrogens with one attached hydrogen (secondary N) is 1. The van der Waals surface area contributed by atoms with E-state index in [1.165, 1.54) is 29.0 Å². The molecule has 0 heterocycles. The van der Waals surface area contributed by atoms with Crippen molar-refractivity contribution in [2.45, 2.75) is 30.8 Å². The van der Waals surface area contributed by atoms with E-state index in [1.54, 1.807) is 0 Å². The maximum atomic E-state index is 12.0. The number of unbranched alkanes of at least 4 members (excludes halogenated alkanes) is 1. The molecule has 0 bridgehead atoms. The van der Waals surface area contributed by atoms with Gasteiger partial charge in [-0.05, 0) is 30.7 Å². The van der Waals surface area contributed by atoms with Crippen molar-refractivity contribution in [1.82, 2.24) is 4.72 Å². The van der Waals surface area contributed by atoms with Crippen LogP contribution in [0.25, 0.3) is 0 Å². The lowest BCUT2D eigenvalue weighted by atomic mass is 10.3. The van der Waals surface area contributed by atoms with Gasteiger partial charge in [0, 0.05) is 0 Å². The quantitative estimate of drug-likeness (QED) is 0.788. The molecule has 0 amide bonds. The summed E-state index contributed by atoms with van der Waals surface area (Å²) >= 11 is 0. The van der Waals surface area contributed by atoms with Crippen molar-refractivity contribution in [2.24, 2.45) is 0 Å².